The van der Waals surface area contributed by atoms with Crippen LogP contribution >= 0.6 is 0 Å². The lowest BCUT2D eigenvalue weighted by atomic mass is 10.2. The summed E-state index contributed by atoms with van der Waals surface area (Å²) < 4.78 is 21.5. The van der Waals surface area contributed by atoms with Gasteiger partial charge in [-0.15, -0.1) is 0 Å². The summed E-state index contributed by atoms with van der Waals surface area (Å²) in [5, 5.41) is 6.14. The molecule has 0 fully saturated rings. The first kappa shape index (κ1) is 21.8. The summed E-state index contributed by atoms with van der Waals surface area (Å²) in [6, 6.07) is 20.4. The predicted octanol–water partition coefficient (Wildman–Crippen LogP) is 4.34. The Balaban J connectivity index is 1.60. The van der Waals surface area contributed by atoms with E-state index in [0.29, 0.717) is 29.5 Å². The van der Waals surface area contributed by atoms with E-state index in [4.69, 9.17) is 18.9 Å². The molecule has 1 amide bonds. The highest BCUT2D eigenvalue weighted by Gasteiger charge is 2.09. The first-order valence-electron chi connectivity index (χ1n) is 9.73. The lowest BCUT2D eigenvalue weighted by Gasteiger charge is -2.14. The number of para-hydroxylation sites is 1. The Hall–Kier alpha value is -3.87. The Labute approximate surface area is 181 Å². The average Bonchev–Trinajstić information content (AvgIpc) is 2.81. The van der Waals surface area contributed by atoms with E-state index >= 15 is 0 Å². The highest BCUT2D eigenvalue weighted by Crippen LogP contribution is 2.26. The minimum Gasteiger partial charge on any atom is -0.497 e. The molecule has 0 aliphatic carbocycles. The van der Waals surface area contributed by atoms with Gasteiger partial charge in [-0.25, -0.2) is 0 Å². The topological polar surface area (TPSA) is 78.1 Å². The van der Waals surface area contributed by atoms with Crippen molar-refractivity contribution in [2.45, 2.75) is 6.54 Å². The number of hydrogen-bond acceptors (Lipinski definition) is 6. The van der Waals surface area contributed by atoms with Crippen molar-refractivity contribution in [1.82, 2.24) is 0 Å². The molecule has 0 aliphatic heterocycles. The van der Waals surface area contributed by atoms with Crippen LogP contribution in [0.3, 0.4) is 0 Å². The van der Waals surface area contributed by atoms with E-state index in [1.54, 1.807) is 39.5 Å². The molecule has 3 aromatic carbocycles. The van der Waals surface area contributed by atoms with Crippen LogP contribution in [0.1, 0.15) is 5.56 Å². The molecule has 0 atom stereocenters. The first-order valence-corrected chi connectivity index (χ1v) is 9.73. The van der Waals surface area contributed by atoms with Gasteiger partial charge < -0.3 is 29.6 Å². The molecule has 0 saturated carbocycles. The molecule has 0 radical (unpaired) electrons. The minimum absolute atomic E-state index is 0.129. The molecule has 0 aromatic heterocycles. The smallest absolute Gasteiger partial charge is 0.262 e. The summed E-state index contributed by atoms with van der Waals surface area (Å²) in [4.78, 5) is 12.4. The lowest BCUT2D eigenvalue weighted by molar-refractivity contribution is -0.118. The van der Waals surface area contributed by atoms with Crippen LogP contribution in [-0.2, 0) is 11.3 Å². The number of ether oxygens (including phenoxy) is 4. The van der Waals surface area contributed by atoms with Gasteiger partial charge in [0.2, 0.25) is 0 Å². The van der Waals surface area contributed by atoms with Gasteiger partial charge in [0.1, 0.15) is 23.0 Å². The van der Waals surface area contributed by atoms with Gasteiger partial charge in [-0.05, 0) is 18.2 Å². The number of rotatable bonds is 10. The van der Waals surface area contributed by atoms with Gasteiger partial charge in [-0.1, -0.05) is 24.3 Å². The van der Waals surface area contributed by atoms with Gasteiger partial charge in [0.05, 0.1) is 21.3 Å². The van der Waals surface area contributed by atoms with Crippen LogP contribution in [0.15, 0.2) is 66.7 Å². The summed E-state index contributed by atoms with van der Waals surface area (Å²) in [6.45, 7) is 0.410. The van der Waals surface area contributed by atoms with Gasteiger partial charge in [-0.3, -0.25) is 4.79 Å². The molecular weight excluding hydrogens is 396 g/mol. The zero-order valence-electron chi connectivity index (χ0n) is 17.8. The summed E-state index contributed by atoms with van der Waals surface area (Å²) in [5.41, 5.74) is 2.43. The second kappa shape index (κ2) is 10.8. The fourth-order valence-corrected chi connectivity index (χ4v) is 2.94. The summed E-state index contributed by atoms with van der Waals surface area (Å²) in [7, 11) is 4.74. The molecule has 0 unspecified atom stereocenters. The van der Waals surface area contributed by atoms with E-state index in [9.17, 15) is 4.79 Å². The van der Waals surface area contributed by atoms with Crippen molar-refractivity contribution in [3.8, 4) is 23.0 Å². The van der Waals surface area contributed by atoms with Crippen LogP contribution in [-0.4, -0.2) is 33.8 Å². The third-order valence-electron chi connectivity index (χ3n) is 4.52. The number of carbonyl (C=O) groups excluding carboxylic acids is 1. The normalized spacial score (nSPS) is 10.2. The highest BCUT2D eigenvalue weighted by atomic mass is 16.5. The second-order valence-electron chi connectivity index (χ2n) is 6.63. The standard InChI is InChI=1S/C24H26N2O5/c1-28-20-9-6-8-18(11-20)25-15-17-7-4-5-10-23(17)31-16-24(27)26-19-12-21(29-2)14-22(13-19)30-3/h4-14,25H,15-16H2,1-3H3,(H,26,27). The number of carbonyl (C=O) groups is 1. The van der Waals surface area contributed by atoms with E-state index in [1.807, 2.05) is 48.5 Å². The van der Waals surface area contributed by atoms with E-state index in [2.05, 4.69) is 10.6 Å². The third kappa shape index (κ3) is 6.30. The Morgan fingerprint density at radius 1 is 0.774 bits per heavy atom. The molecule has 0 aliphatic rings. The largest absolute Gasteiger partial charge is 0.497 e. The van der Waals surface area contributed by atoms with Crippen molar-refractivity contribution < 1.29 is 23.7 Å². The Kier molecular flexibility index (Phi) is 7.59. The maximum Gasteiger partial charge on any atom is 0.262 e. The molecule has 0 spiro atoms. The number of amides is 1. The molecular formula is C24H26N2O5. The van der Waals surface area contributed by atoms with Crippen LogP contribution in [0, 0.1) is 0 Å². The van der Waals surface area contributed by atoms with Gasteiger partial charge in [0.25, 0.3) is 5.91 Å². The molecule has 7 heteroatoms. The summed E-state index contributed by atoms with van der Waals surface area (Å²) >= 11 is 0. The van der Waals surface area contributed by atoms with Crippen LogP contribution in [0.4, 0.5) is 11.4 Å². The van der Waals surface area contributed by atoms with Gasteiger partial charge >= 0.3 is 0 Å². The molecule has 162 valence electrons. The number of hydrogen-bond donors (Lipinski definition) is 2. The van der Waals surface area contributed by atoms with Gasteiger partial charge in [-0.2, -0.15) is 0 Å². The molecule has 3 rings (SSSR count). The zero-order valence-corrected chi connectivity index (χ0v) is 17.8. The van der Waals surface area contributed by atoms with Gasteiger partial charge in [0.15, 0.2) is 6.61 Å². The van der Waals surface area contributed by atoms with E-state index in [0.717, 1.165) is 17.0 Å². The minimum atomic E-state index is -0.286. The fourth-order valence-electron chi connectivity index (χ4n) is 2.94. The van der Waals surface area contributed by atoms with Crippen molar-refractivity contribution in [3.63, 3.8) is 0 Å². The van der Waals surface area contributed by atoms with E-state index in [1.165, 1.54) is 0 Å². The molecule has 3 aromatic rings. The van der Waals surface area contributed by atoms with Crippen molar-refractivity contribution in [3.05, 3.63) is 72.3 Å². The molecule has 2 N–H and O–H groups in total. The van der Waals surface area contributed by atoms with Crippen molar-refractivity contribution in [2.75, 3.05) is 38.6 Å². The van der Waals surface area contributed by atoms with Crippen molar-refractivity contribution in [1.29, 1.82) is 0 Å². The third-order valence-corrected chi connectivity index (χ3v) is 4.52. The van der Waals surface area contributed by atoms with Crippen molar-refractivity contribution in [2.24, 2.45) is 0 Å². The summed E-state index contributed by atoms with van der Waals surface area (Å²) in [5.74, 6) is 2.30. The molecule has 0 saturated heterocycles. The quantitative estimate of drug-likeness (QED) is 0.506. The summed E-state index contributed by atoms with van der Waals surface area (Å²) in [6.07, 6.45) is 0. The van der Waals surface area contributed by atoms with Crippen LogP contribution < -0.4 is 29.6 Å². The van der Waals surface area contributed by atoms with Gasteiger partial charge in [0, 0.05) is 47.7 Å². The first-order chi connectivity index (χ1) is 15.1. The zero-order chi connectivity index (χ0) is 22.1. The predicted molar refractivity (Wildman–Crippen MR) is 120 cm³/mol. The number of benzene rings is 3. The van der Waals surface area contributed by atoms with Crippen LogP contribution in [0.2, 0.25) is 0 Å². The second-order valence-corrected chi connectivity index (χ2v) is 6.63. The van der Waals surface area contributed by atoms with E-state index in [-0.39, 0.29) is 12.5 Å². The number of methoxy groups -OCH3 is 3. The van der Waals surface area contributed by atoms with E-state index < -0.39 is 0 Å². The SMILES string of the molecule is COc1cccc(NCc2ccccc2OCC(=O)Nc2cc(OC)cc(OC)c2)c1. The number of nitrogens with one attached hydrogen (secondary N) is 2. The van der Waals surface area contributed by atoms with Crippen LogP contribution in [0.5, 0.6) is 23.0 Å². The molecule has 31 heavy (non-hydrogen) atoms. The van der Waals surface area contributed by atoms with Crippen molar-refractivity contribution >= 4 is 17.3 Å². The fraction of sp³-hybridized carbons (Fsp3) is 0.208. The van der Waals surface area contributed by atoms with Crippen LogP contribution in [0.25, 0.3) is 0 Å². The maximum atomic E-state index is 12.4. The number of anilines is 2. The highest BCUT2D eigenvalue weighted by molar-refractivity contribution is 5.92. The lowest BCUT2D eigenvalue weighted by Crippen LogP contribution is -2.20. The maximum absolute atomic E-state index is 12.4. The molecule has 0 heterocycles. The Bertz CT molecular complexity index is 1000. The Morgan fingerprint density at radius 2 is 1.45 bits per heavy atom. The molecule has 7 nitrogen and oxygen atoms in total. The average molecular weight is 422 g/mol. The Morgan fingerprint density at radius 3 is 2.16 bits per heavy atom. The molecule has 0 bridgehead atoms. The monoisotopic (exact) mass is 422 g/mol.